The van der Waals surface area contributed by atoms with Crippen molar-refractivity contribution in [3.8, 4) is 0 Å². The number of H-pyrrole nitrogens is 1. The summed E-state index contributed by atoms with van der Waals surface area (Å²) >= 11 is 0. The average Bonchev–Trinajstić information content (AvgIpc) is 2.85. The first-order valence-electron chi connectivity index (χ1n) is 7.68. The smallest absolute Gasteiger partial charge is 0.342 e. The van der Waals surface area contributed by atoms with E-state index < -0.39 is 23.9 Å². The molecule has 0 spiro atoms. The molecule has 1 saturated carbocycles. The van der Waals surface area contributed by atoms with Crippen molar-refractivity contribution in [2.45, 2.75) is 38.8 Å². The number of rotatable bonds is 2. The molecule has 124 valence electrons. The van der Waals surface area contributed by atoms with Crippen molar-refractivity contribution in [3.05, 3.63) is 24.0 Å². The predicted octanol–water partition coefficient (Wildman–Crippen LogP) is 4.18. The lowest BCUT2D eigenvalue weighted by molar-refractivity contribution is -0.197. The molecular weight excluding hydrogens is 307 g/mol. The number of amides is 1. The zero-order valence-corrected chi connectivity index (χ0v) is 12.7. The van der Waals surface area contributed by atoms with Crippen LogP contribution in [0.4, 0.5) is 18.9 Å². The molecule has 3 rings (SSSR count). The van der Waals surface area contributed by atoms with Gasteiger partial charge in [-0.1, -0.05) is 12.8 Å². The van der Waals surface area contributed by atoms with Crippen LogP contribution in [0.2, 0.25) is 0 Å². The minimum Gasteiger partial charge on any atom is -0.342 e. The molecule has 0 saturated heterocycles. The summed E-state index contributed by atoms with van der Waals surface area (Å²) in [5.41, 5.74) is 1.99. The van der Waals surface area contributed by atoms with Crippen LogP contribution >= 0.6 is 0 Å². The molecule has 0 aliphatic heterocycles. The molecule has 4 nitrogen and oxygen atoms in total. The molecule has 2 N–H and O–H groups in total. The van der Waals surface area contributed by atoms with Gasteiger partial charge in [-0.3, -0.25) is 4.79 Å². The first-order chi connectivity index (χ1) is 10.8. The van der Waals surface area contributed by atoms with E-state index in [0.717, 1.165) is 16.9 Å². The number of hydrogen-bond acceptors (Lipinski definition) is 2. The number of carbonyl (C=O) groups excluding carboxylic acids is 1. The summed E-state index contributed by atoms with van der Waals surface area (Å²) in [6.07, 6.45) is -2.84. The van der Waals surface area contributed by atoms with Gasteiger partial charge in [-0.25, -0.2) is 4.98 Å². The summed E-state index contributed by atoms with van der Waals surface area (Å²) in [5, 5.41) is 2.63. The monoisotopic (exact) mass is 325 g/mol. The summed E-state index contributed by atoms with van der Waals surface area (Å²) in [6.45, 7) is 1.81. The molecular formula is C16H18F3N3O. The van der Waals surface area contributed by atoms with Crippen molar-refractivity contribution in [3.63, 3.8) is 0 Å². The summed E-state index contributed by atoms with van der Waals surface area (Å²) in [5.74, 6) is -2.37. The van der Waals surface area contributed by atoms with Crippen molar-refractivity contribution in [2.75, 3.05) is 5.32 Å². The van der Waals surface area contributed by atoms with Gasteiger partial charge in [-0.05, 0) is 38.0 Å². The van der Waals surface area contributed by atoms with Gasteiger partial charge in [0.1, 0.15) is 5.82 Å². The fraction of sp³-hybridized carbons (Fsp3) is 0.500. The van der Waals surface area contributed by atoms with Crippen LogP contribution in [0.25, 0.3) is 11.0 Å². The predicted molar refractivity (Wildman–Crippen MR) is 81.0 cm³/mol. The molecule has 2 aromatic rings. The molecule has 1 heterocycles. The quantitative estimate of drug-likeness (QED) is 0.870. The lowest BCUT2D eigenvalue weighted by Crippen LogP contribution is -2.39. The number of carbonyl (C=O) groups is 1. The number of anilines is 1. The molecule has 1 aromatic carbocycles. The van der Waals surface area contributed by atoms with E-state index in [9.17, 15) is 18.0 Å². The molecule has 7 heteroatoms. The maximum absolute atomic E-state index is 13.1. The highest BCUT2D eigenvalue weighted by Crippen LogP contribution is 2.41. The van der Waals surface area contributed by atoms with Crippen molar-refractivity contribution in [1.29, 1.82) is 0 Å². The summed E-state index contributed by atoms with van der Waals surface area (Å²) in [6, 6.07) is 5.08. The molecule has 2 atom stereocenters. The highest BCUT2D eigenvalue weighted by atomic mass is 19.4. The van der Waals surface area contributed by atoms with Gasteiger partial charge in [0, 0.05) is 11.6 Å². The maximum Gasteiger partial charge on any atom is 0.392 e. The zero-order valence-electron chi connectivity index (χ0n) is 12.7. The number of imidazole rings is 1. The topological polar surface area (TPSA) is 57.8 Å². The average molecular weight is 325 g/mol. The minimum atomic E-state index is -4.33. The Hall–Kier alpha value is -2.05. The molecule has 23 heavy (non-hydrogen) atoms. The van der Waals surface area contributed by atoms with Gasteiger partial charge in [-0.2, -0.15) is 13.2 Å². The highest BCUT2D eigenvalue weighted by Gasteiger charge is 2.48. The lowest BCUT2D eigenvalue weighted by atomic mass is 9.78. The van der Waals surface area contributed by atoms with Crippen LogP contribution in [0.5, 0.6) is 0 Å². The third-order valence-electron chi connectivity index (χ3n) is 4.39. The van der Waals surface area contributed by atoms with E-state index >= 15 is 0 Å². The largest absolute Gasteiger partial charge is 0.392 e. The Morgan fingerprint density at radius 1 is 1.30 bits per heavy atom. The SMILES string of the molecule is Cc1nc2ccc(NC(=O)[C@H]3CCCC[C@@H]3C(F)(F)F)cc2[nH]1. The van der Waals surface area contributed by atoms with E-state index in [0.29, 0.717) is 18.5 Å². The third kappa shape index (κ3) is 3.33. The van der Waals surface area contributed by atoms with Crippen molar-refractivity contribution < 1.29 is 18.0 Å². The Labute approximate surface area is 131 Å². The van der Waals surface area contributed by atoms with Gasteiger partial charge in [0.2, 0.25) is 5.91 Å². The first-order valence-corrected chi connectivity index (χ1v) is 7.68. The summed E-state index contributed by atoms with van der Waals surface area (Å²) in [7, 11) is 0. The Balaban J connectivity index is 1.78. The van der Waals surface area contributed by atoms with Gasteiger partial charge in [0.25, 0.3) is 0 Å². The van der Waals surface area contributed by atoms with Gasteiger partial charge in [-0.15, -0.1) is 0 Å². The van der Waals surface area contributed by atoms with Crippen molar-refractivity contribution in [1.82, 2.24) is 9.97 Å². The van der Waals surface area contributed by atoms with Gasteiger partial charge >= 0.3 is 6.18 Å². The van der Waals surface area contributed by atoms with E-state index in [1.165, 1.54) is 0 Å². The molecule has 1 aromatic heterocycles. The minimum absolute atomic E-state index is 0.0281. The second-order valence-electron chi connectivity index (χ2n) is 6.08. The van der Waals surface area contributed by atoms with Crippen molar-refractivity contribution in [2.24, 2.45) is 11.8 Å². The van der Waals surface area contributed by atoms with E-state index in [-0.39, 0.29) is 12.8 Å². The molecule has 0 bridgehead atoms. The van der Waals surface area contributed by atoms with Crippen LogP contribution in [-0.2, 0) is 4.79 Å². The molecule has 1 amide bonds. The molecule has 0 unspecified atom stereocenters. The normalized spacial score (nSPS) is 22.3. The van der Waals surface area contributed by atoms with E-state index in [4.69, 9.17) is 0 Å². The summed E-state index contributed by atoms with van der Waals surface area (Å²) < 4.78 is 39.3. The fourth-order valence-corrected chi connectivity index (χ4v) is 3.29. The number of halogens is 3. The number of hydrogen-bond donors (Lipinski definition) is 2. The number of aryl methyl sites for hydroxylation is 1. The number of aromatic amines is 1. The van der Waals surface area contributed by atoms with E-state index in [1.54, 1.807) is 18.2 Å². The van der Waals surface area contributed by atoms with Crippen LogP contribution in [0.1, 0.15) is 31.5 Å². The Bertz CT molecular complexity index is 723. The van der Waals surface area contributed by atoms with E-state index in [2.05, 4.69) is 15.3 Å². The molecule has 1 aliphatic carbocycles. The number of nitrogens with zero attached hydrogens (tertiary/aromatic N) is 1. The standard InChI is InChI=1S/C16H18F3N3O/c1-9-20-13-7-6-10(8-14(13)21-9)22-15(23)11-4-2-3-5-12(11)16(17,18)19/h6-8,11-12H,2-5H2,1H3,(H,20,21)(H,22,23)/t11-,12-/m0/s1. The van der Waals surface area contributed by atoms with Gasteiger partial charge in [0.05, 0.1) is 17.0 Å². The molecule has 1 aliphatic rings. The number of benzene rings is 1. The van der Waals surface area contributed by atoms with Gasteiger partial charge < -0.3 is 10.3 Å². The Morgan fingerprint density at radius 3 is 2.78 bits per heavy atom. The van der Waals surface area contributed by atoms with Crippen LogP contribution in [0.15, 0.2) is 18.2 Å². The van der Waals surface area contributed by atoms with Crippen LogP contribution in [0.3, 0.4) is 0 Å². The number of fused-ring (bicyclic) bond motifs is 1. The third-order valence-corrected chi connectivity index (χ3v) is 4.39. The Morgan fingerprint density at radius 2 is 2.04 bits per heavy atom. The number of aromatic nitrogens is 2. The summed E-state index contributed by atoms with van der Waals surface area (Å²) in [4.78, 5) is 19.6. The van der Waals surface area contributed by atoms with Gasteiger partial charge in [0.15, 0.2) is 0 Å². The highest BCUT2D eigenvalue weighted by molar-refractivity contribution is 5.94. The second-order valence-corrected chi connectivity index (χ2v) is 6.08. The van der Waals surface area contributed by atoms with Crippen LogP contribution in [0, 0.1) is 18.8 Å². The Kier molecular flexibility index (Phi) is 4.04. The first kappa shape index (κ1) is 15.8. The lowest BCUT2D eigenvalue weighted by Gasteiger charge is -2.31. The zero-order chi connectivity index (χ0) is 16.6. The maximum atomic E-state index is 13.1. The molecule has 1 fully saturated rings. The van der Waals surface area contributed by atoms with Crippen LogP contribution < -0.4 is 5.32 Å². The number of alkyl halides is 3. The van der Waals surface area contributed by atoms with Crippen LogP contribution in [-0.4, -0.2) is 22.1 Å². The fourth-order valence-electron chi connectivity index (χ4n) is 3.29. The number of nitrogens with one attached hydrogen (secondary N) is 2. The second kappa shape index (κ2) is 5.86. The molecule has 0 radical (unpaired) electrons. The van der Waals surface area contributed by atoms with E-state index in [1.807, 2.05) is 6.92 Å². The van der Waals surface area contributed by atoms with Crippen molar-refractivity contribution >= 4 is 22.6 Å².